The van der Waals surface area contributed by atoms with E-state index >= 15 is 0 Å². The lowest BCUT2D eigenvalue weighted by Gasteiger charge is -2.20. The molecule has 1 aliphatic carbocycles. The lowest BCUT2D eigenvalue weighted by atomic mass is 10.1. The van der Waals surface area contributed by atoms with Crippen LogP contribution in [-0.4, -0.2) is 29.5 Å². The monoisotopic (exact) mass is 184 g/mol. The summed E-state index contributed by atoms with van der Waals surface area (Å²) in [6.07, 6.45) is 1.47. The molecule has 2 rings (SSSR count). The van der Waals surface area contributed by atoms with Gasteiger partial charge < -0.3 is 10.6 Å². The zero-order valence-corrected chi connectivity index (χ0v) is 8.31. The summed E-state index contributed by atoms with van der Waals surface area (Å²) in [6, 6.07) is 0. The third-order valence-corrected chi connectivity index (χ3v) is 3.47. The Kier molecular flexibility index (Phi) is 2.09. The Morgan fingerprint density at radius 2 is 2.17 bits per heavy atom. The van der Waals surface area contributed by atoms with E-state index in [9.17, 15) is 0 Å². The second-order valence-electron chi connectivity index (χ2n) is 4.28. The van der Waals surface area contributed by atoms with Crippen molar-refractivity contribution in [1.82, 2.24) is 4.90 Å². The molecule has 0 aromatic heterocycles. The summed E-state index contributed by atoms with van der Waals surface area (Å²) in [4.78, 5) is 3.17. The lowest BCUT2D eigenvalue weighted by molar-refractivity contribution is 0.288. The molecule has 0 radical (unpaired) electrons. The summed E-state index contributed by atoms with van der Waals surface area (Å²) in [7, 11) is 0. The molecular weight excluding hydrogens is 168 g/mol. The van der Waals surface area contributed by atoms with E-state index < -0.39 is 0 Å². The van der Waals surface area contributed by atoms with Gasteiger partial charge in [-0.1, -0.05) is 19.1 Å². The number of nitrogens with zero attached hydrogens (tertiary/aromatic N) is 1. The third kappa shape index (κ3) is 1.62. The van der Waals surface area contributed by atoms with Gasteiger partial charge in [-0.05, 0) is 18.3 Å². The Hall–Kier alpha value is -0.150. The van der Waals surface area contributed by atoms with Gasteiger partial charge in [-0.2, -0.15) is 0 Å². The molecule has 2 N–H and O–H groups in total. The Morgan fingerprint density at radius 3 is 2.67 bits per heavy atom. The summed E-state index contributed by atoms with van der Waals surface area (Å²) in [5.74, 6) is 2.42. The predicted molar refractivity (Wildman–Crippen MR) is 54.0 cm³/mol. The van der Waals surface area contributed by atoms with Crippen molar-refractivity contribution in [1.29, 1.82) is 0 Å². The van der Waals surface area contributed by atoms with E-state index in [1.165, 1.54) is 19.5 Å². The molecule has 3 atom stereocenters. The topological polar surface area (TPSA) is 29.3 Å². The maximum Gasteiger partial charge on any atom is 0.0768 e. The maximum absolute atomic E-state index is 5.56. The average molecular weight is 184 g/mol. The van der Waals surface area contributed by atoms with Crippen LogP contribution in [-0.2, 0) is 0 Å². The molecule has 1 aliphatic heterocycles. The van der Waals surface area contributed by atoms with Crippen LogP contribution < -0.4 is 5.73 Å². The first-order valence-electron chi connectivity index (χ1n) is 4.68. The molecule has 1 saturated heterocycles. The van der Waals surface area contributed by atoms with E-state index in [2.05, 4.69) is 11.8 Å². The SMILES string of the molecule is CC(CN1CC2CC2C1)C(N)=S. The van der Waals surface area contributed by atoms with Gasteiger partial charge in [-0.3, -0.25) is 0 Å². The molecule has 12 heavy (non-hydrogen) atoms. The van der Waals surface area contributed by atoms with Gasteiger partial charge in [-0.25, -0.2) is 0 Å². The highest BCUT2D eigenvalue weighted by atomic mass is 32.1. The molecule has 0 aromatic rings. The van der Waals surface area contributed by atoms with Gasteiger partial charge in [0, 0.05) is 25.6 Å². The minimum atomic E-state index is 0.387. The van der Waals surface area contributed by atoms with Crippen LogP contribution in [0.1, 0.15) is 13.3 Å². The molecule has 3 unspecified atom stereocenters. The number of nitrogens with two attached hydrogens (primary N) is 1. The van der Waals surface area contributed by atoms with Gasteiger partial charge >= 0.3 is 0 Å². The first-order valence-corrected chi connectivity index (χ1v) is 5.09. The minimum Gasteiger partial charge on any atom is -0.393 e. The van der Waals surface area contributed by atoms with Crippen LogP contribution in [0.25, 0.3) is 0 Å². The largest absolute Gasteiger partial charge is 0.393 e. The van der Waals surface area contributed by atoms with E-state index in [4.69, 9.17) is 18.0 Å². The zero-order valence-electron chi connectivity index (χ0n) is 7.49. The summed E-state index contributed by atoms with van der Waals surface area (Å²) < 4.78 is 0. The van der Waals surface area contributed by atoms with E-state index in [1.54, 1.807) is 0 Å². The smallest absolute Gasteiger partial charge is 0.0768 e. The zero-order chi connectivity index (χ0) is 8.72. The molecule has 3 heteroatoms. The highest BCUT2D eigenvalue weighted by Gasteiger charge is 2.44. The van der Waals surface area contributed by atoms with Crippen LogP contribution in [0.15, 0.2) is 0 Å². The summed E-state index contributed by atoms with van der Waals surface area (Å²) in [6.45, 7) is 5.77. The molecule has 68 valence electrons. The Labute approximate surface area is 79.1 Å². The van der Waals surface area contributed by atoms with E-state index in [-0.39, 0.29) is 0 Å². The van der Waals surface area contributed by atoms with Crippen LogP contribution in [0.4, 0.5) is 0 Å². The maximum atomic E-state index is 5.56. The van der Waals surface area contributed by atoms with Gasteiger partial charge in [0.15, 0.2) is 0 Å². The number of likely N-dealkylation sites (tertiary alicyclic amines) is 1. The number of rotatable bonds is 3. The first kappa shape index (κ1) is 8.45. The first-order chi connectivity index (χ1) is 5.66. The molecule has 1 saturated carbocycles. The quantitative estimate of drug-likeness (QED) is 0.660. The van der Waals surface area contributed by atoms with Crippen molar-refractivity contribution in [3.63, 3.8) is 0 Å². The Morgan fingerprint density at radius 1 is 1.58 bits per heavy atom. The second kappa shape index (κ2) is 2.96. The third-order valence-electron chi connectivity index (χ3n) is 3.07. The van der Waals surface area contributed by atoms with Gasteiger partial charge in [-0.15, -0.1) is 0 Å². The van der Waals surface area contributed by atoms with Gasteiger partial charge in [0.2, 0.25) is 0 Å². The van der Waals surface area contributed by atoms with Crippen molar-refractivity contribution < 1.29 is 0 Å². The normalized spacial score (nSPS) is 36.1. The molecular formula is C9H16N2S. The summed E-state index contributed by atoms with van der Waals surface area (Å²) in [5, 5.41) is 0. The highest BCUT2D eigenvalue weighted by molar-refractivity contribution is 7.80. The van der Waals surface area contributed by atoms with Crippen LogP contribution in [0.3, 0.4) is 0 Å². The van der Waals surface area contributed by atoms with Crippen LogP contribution in [0.5, 0.6) is 0 Å². The van der Waals surface area contributed by atoms with E-state index in [1.807, 2.05) is 0 Å². The Bertz CT molecular complexity index is 195. The fraction of sp³-hybridized carbons (Fsp3) is 0.889. The van der Waals surface area contributed by atoms with Crippen molar-refractivity contribution in [2.75, 3.05) is 19.6 Å². The van der Waals surface area contributed by atoms with Crippen molar-refractivity contribution >= 4 is 17.2 Å². The average Bonchev–Trinajstić information content (AvgIpc) is 2.59. The molecule has 0 spiro atoms. The van der Waals surface area contributed by atoms with Crippen LogP contribution in [0.2, 0.25) is 0 Å². The summed E-state index contributed by atoms with van der Waals surface area (Å²) in [5.41, 5.74) is 5.56. The molecule has 0 bridgehead atoms. The van der Waals surface area contributed by atoms with Crippen molar-refractivity contribution in [2.45, 2.75) is 13.3 Å². The van der Waals surface area contributed by atoms with Gasteiger partial charge in [0.05, 0.1) is 4.99 Å². The van der Waals surface area contributed by atoms with E-state index in [0.717, 1.165) is 18.4 Å². The fourth-order valence-corrected chi connectivity index (χ4v) is 2.20. The van der Waals surface area contributed by atoms with Gasteiger partial charge in [0.25, 0.3) is 0 Å². The lowest BCUT2D eigenvalue weighted by Crippen LogP contribution is -2.33. The number of hydrogen-bond acceptors (Lipinski definition) is 2. The highest BCUT2D eigenvalue weighted by Crippen LogP contribution is 2.44. The molecule has 2 aliphatic rings. The number of hydrogen-bond donors (Lipinski definition) is 1. The second-order valence-corrected chi connectivity index (χ2v) is 4.75. The number of piperidine rings is 1. The number of thiocarbonyl (C=S) groups is 1. The molecule has 0 amide bonds. The fourth-order valence-electron chi connectivity index (χ4n) is 2.12. The summed E-state index contributed by atoms with van der Waals surface area (Å²) >= 11 is 4.94. The molecule has 2 nitrogen and oxygen atoms in total. The Balaban J connectivity index is 1.76. The number of fused-ring (bicyclic) bond motifs is 1. The molecule has 0 aromatic carbocycles. The van der Waals surface area contributed by atoms with Crippen LogP contribution in [0, 0.1) is 17.8 Å². The van der Waals surface area contributed by atoms with Crippen LogP contribution >= 0.6 is 12.2 Å². The predicted octanol–water partition coefficient (Wildman–Crippen LogP) is 0.860. The van der Waals surface area contributed by atoms with Crippen molar-refractivity contribution in [3.05, 3.63) is 0 Å². The molecule has 1 heterocycles. The van der Waals surface area contributed by atoms with Gasteiger partial charge in [0.1, 0.15) is 0 Å². The minimum absolute atomic E-state index is 0.387. The van der Waals surface area contributed by atoms with E-state index in [0.29, 0.717) is 10.9 Å². The molecule has 2 fully saturated rings. The van der Waals surface area contributed by atoms with Crippen molar-refractivity contribution in [3.8, 4) is 0 Å². The standard InChI is InChI=1S/C9H16N2S/c1-6(9(10)12)3-11-4-7-2-8(7)5-11/h6-8H,2-5H2,1H3,(H2,10,12). The van der Waals surface area contributed by atoms with Crippen molar-refractivity contribution in [2.24, 2.45) is 23.5 Å².